The SMILES string of the molecule is Cc1[nH]nc2c1CCC21CCCCC1. The van der Waals surface area contributed by atoms with E-state index in [1.54, 1.807) is 0 Å². The van der Waals surface area contributed by atoms with Gasteiger partial charge in [-0.2, -0.15) is 5.10 Å². The second-order valence-corrected chi connectivity index (χ2v) is 5.02. The maximum atomic E-state index is 4.55. The maximum Gasteiger partial charge on any atom is 0.0718 e. The summed E-state index contributed by atoms with van der Waals surface area (Å²) >= 11 is 0. The van der Waals surface area contributed by atoms with E-state index in [9.17, 15) is 0 Å². The molecule has 1 saturated carbocycles. The fraction of sp³-hybridized carbons (Fsp3) is 0.750. The van der Waals surface area contributed by atoms with Crippen molar-refractivity contribution in [2.24, 2.45) is 0 Å². The molecule has 0 saturated heterocycles. The lowest BCUT2D eigenvalue weighted by atomic mass is 9.72. The maximum absolute atomic E-state index is 4.55. The van der Waals surface area contributed by atoms with E-state index in [1.165, 1.54) is 61.9 Å². The van der Waals surface area contributed by atoms with E-state index >= 15 is 0 Å². The topological polar surface area (TPSA) is 28.7 Å². The minimum absolute atomic E-state index is 0.484. The van der Waals surface area contributed by atoms with Gasteiger partial charge in [0.1, 0.15) is 0 Å². The molecule has 2 heteroatoms. The van der Waals surface area contributed by atoms with Gasteiger partial charge in [0, 0.05) is 11.1 Å². The molecule has 0 aliphatic heterocycles. The van der Waals surface area contributed by atoms with Crippen LogP contribution < -0.4 is 0 Å². The quantitative estimate of drug-likeness (QED) is 0.669. The van der Waals surface area contributed by atoms with Crippen LogP contribution in [0.1, 0.15) is 55.5 Å². The Morgan fingerprint density at radius 3 is 2.71 bits per heavy atom. The fourth-order valence-corrected chi connectivity index (χ4v) is 3.39. The summed E-state index contributed by atoms with van der Waals surface area (Å²) in [6.07, 6.45) is 9.63. The van der Waals surface area contributed by atoms with Crippen LogP contribution in [-0.4, -0.2) is 10.2 Å². The molecule has 0 unspecified atom stereocenters. The van der Waals surface area contributed by atoms with Crippen LogP contribution >= 0.6 is 0 Å². The van der Waals surface area contributed by atoms with Gasteiger partial charge < -0.3 is 0 Å². The molecule has 1 fully saturated rings. The third-order valence-electron chi connectivity index (χ3n) is 4.24. The standard InChI is InChI=1S/C12H18N2/c1-9-10-5-8-12(11(10)14-13-9)6-3-2-4-7-12/h2-8H2,1H3,(H,13,14). The van der Waals surface area contributed by atoms with Crippen LogP contribution in [0.25, 0.3) is 0 Å². The van der Waals surface area contributed by atoms with Crippen LogP contribution in [0.5, 0.6) is 0 Å². The van der Waals surface area contributed by atoms with Gasteiger partial charge in [0.05, 0.1) is 5.69 Å². The van der Waals surface area contributed by atoms with Crippen molar-refractivity contribution in [2.75, 3.05) is 0 Å². The number of hydrogen-bond donors (Lipinski definition) is 1. The van der Waals surface area contributed by atoms with E-state index in [0.717, 1.165) is 0 Å². The van der Waals surface area contributed by atoms with Gasteiger partial charge in [-0.05, 0) is 38.2 Å². The zero-order chi connectivity index (χ0) is 9.60. The first-order valence-corrected chi connectivity index (χ1v) is 5.86. The van der Waals surface area contributed by atoms with E-state index in [0.29, 0.717) is 5.41 Å². The molecule has 1 aromatic heterocycles. The highest BCUT2D eigenvalue weighted by atomic mass is 15.1. The molecular weight excluding hydrogens is 172 g/mol. The number of H-pyrrole nitrogens is 1. The van der Waals surface area contributed by atoms with E-state index < -0.39 is 0 Å². The van der Waals surface area contributed by atoms with Gasteiger partial charge in [-0.1, -0.05) is 19.3 Å². The smallest absolute Gasteiger partial charge is 0.0718 e. The third kappa shape index (κ3) is 0.999. The van der Waals surface area contributed by atoms with Crippen molar-refractivity contribution in [3.63, 3.8) is 0 Å². The molecular formula is C12H18N2. The van der Waals surface area contributed by atoms with Gasteiger partial charge in [-0.3, -0.25) is 5.10 Å². The van der Waals surface area contributed by atoms with Gasteiger partial charge in [0.2, 0.25) is 0 Å². The summed E-state index contributed by atoms with van der Waals surface area (Å²) in [7, 11) is 0. The Bertz CT molecular complexity index is 345. The van der Waals surface area contributed by atoms with Crippen LogP contribution in [0, 0.1) is 6.92 Å². The first-order valence-electron chi connectivity index (χ1n) is 5.86. The first kappa shape index (κ1) is 8.51. The average molecular weight is 190 g/mol. The summed E-state index contributed by atoms with van der Waals surface area (Å²) in [6.45, 7) is 2.16. The zero-order valence-corrected chi connectivity index (χ0v) is 8.90. The monoisotopic (exact) mass is 190 g/mol. The Balaban J connectivity index is 2.03. The first-order chi connectivity index (χ1) is 6.82. The largest absolute Gasteiger partial charge is 0.282 e. The van der Waals surface area contributed by atoms with Crippen molar-refractivity contribution < 1.29 is 0 Å². The molecule has 0 atom stereocenters. The van der Waals surface area contributed by atoms with Crippen LogP contribution in [0.4, 0.5) is 0 Å². The summed E-state index contributed by atoms with van der Waals surface area (Å²) in [4.78, 5) is 0. The van der Waals surface area contributed by atoms with Crippen LogP contribution in [0.15, 0.2) is 0 Å². The second kappa shape index (κ2) is 2.85. The van der Waals surface area contributed by atoms with Gasteiger partial charge in [0.15, 0.2) is 0 Å². The molecule has 2 nitrogen and oxygen atoms in total. The van der Waals surface area contributed by atoms with E-state index in [4.69, 9.17) is 0 Å². The predicted octanol–water partition coefficient (Wildman–Crippen LogP) is 2.87. The summed E-state index contributed by atoms with van der Waals surface area (Å²) in [5.41, 5.74) is 4.75. The van der Waals surface area contributed by atoms with Crippen molar-refractivity contribution in [3.8, 4) is 0 Å². The lowest BCUT2D eigenvalue weighted by molar-refractivity contribution is 0.284. The van der Waals surface area contributed by atoms with E-state index in [2.05, 4.69) is 17.1 Å². The molecule has 1 N–H and O–H groups in total. The summed E-state index contributed by atoms with van der Waals surface area (Å²) < 4.78 is 0. The number of nitrogens with one attached hydrogen (secondary N) is 1. The number of aromatic amines is 1. The number of rotatable bonds is 0. The van der Waals surface area contributed by atoms with Gasteiger partial charge in [0.25, 0.3) is 0 Å². The Hall–Kier alpha value is -0.790. The summed E-state index contributed by atoms with van der Waals surface area (Å²) in [5, 5.41) is 7.71. The lowest BCUT2D eigenvalue weighted by Crippen LogP contribution is -2.26. The van der Waals surface area contributed by atoms with Crippen molar-refractivity contribution in [1.82, 2.24) is 10.2 Å². The molecule has 14 heavy (non-hydrogen) atoms. The highest BCUT2D eigenvalue weighted by Crippen LogP contribution is 2.48. The molecule has 1 spiro atoms. The fourth-order valence-electron chi connectivity index (χ4n) is 3.39. The zero-order valence-electron chi connectivity index (χ0n) is 8.90. The molecule has 0 radical (unpaired) electrons. The summed E-state index contributed by atoms with van der Waals surface area (Å²) in [5.74, 6) is 0. The van der Waals surface area contributed by atoms with Crippen molar-refractivity contribution >= 4 is 0 Å². The van der Waals surface area contributed by atoms with E-state index in [-0.39, 0.29) is 0 Å². The Labute approximate surface area is 85.1 Å². The molecule has 2 aliphatic carbocycles. The van der Waals surface area contributed by atoms with Crippen molar-refractivity contribution in [1.29, 1.82) is 0 Å². The van der Waals surface area contributed by atoms with Crippen LogP contribution in [0.2, 0.25) is 0 Å². The predicted molar refractivity (Wildman–Crippen MR) is 56.4 cm³/mol. The van der Waals surface area contributed by atoms with Crippen LogP contribution in [-0.2, 0) is 11.8 Å². The number of aryl methyl sites for hydroxylation is 1. The van der Waals surface area contributed by atoms with Gasteiger partial charge >= 0.3 is 0 Å². The van der Waals surface area contributed by atoms with Gasteiger partial charge in [-0.25, -0.2) is 0 Å². The van der Waals surface area contributed by atoms with E-state index in [1.807, 2.05) is 0 Å². The molecule has 2 aliphatic rings. The van der Waals surface area contributed by atoms with Crippen LogP contribution in [0.3, 0.4) is 0 Å². The highest BCUT2D eigenvalue weighted by molar-refractivity contribution is 5.36. The minimum Gasteiger partial charge on any atom is -0.282 e. The molecule has 1 heterocycles. The van der Waals surface area contributed by atoms with Crippen molar-refractivity contribution in [3.05, 3.63) is 17.0 Å². The molecule has 1 aromatic rings. The molecule has 76 valence electrons. The Morgan fingerprint density at radius 1 is 1.14 bits per heavy atom. The number of aromatic nitrogens is 2. The normalized spacial score (nSPS) is 24.1. The Morgan fingerprint density at radius 2 is 1.93 bits per heavy atom. The highest BCUT2D eigenvalue weighted by Gasteiger charge is 2.42. The molecule has 0 aromatic carbocycles. The molecule has 0 bridgehead atoms. The number of nitrogens with zero attached hydrogens (tertiary/aromatic N) is 1. The van der Waals surface area contributed by atoms with Crippen molar-refractivity contribution in [2.45, 2.75) is 57.3 Å². The third-order valence-corrected chi connectivity index (χ3v) is 4.24. The van der Waals surface area contributed by atoms with Gasteiger partial charge in [-0.15, -0.1) is 0 Å². The number of hydrogen-bond acceptors (Lipinski definition) is 1. The Kier molecular flexibility index (Phi) is 1.73. The lowest BCUT2D eigenvalue weighted by Gasteiger charge is -2.32. The minimum atomic E-state index is 0.484. The number of fused-ring (bicyclic) bond motifs is 2. The summed E-state index contributed by atoms with van der Waals surface area (Å²) in [6, 6.07) is 0. The second-order valence-electron chi connectivity index (χ2n) is 5.02. The average Bonchev–Trinajstić information content (AvgIpc) is 2.73. The molecule has 0 amide bonds. The molecule has 3 rings (SSSR count).